The van der Waals surface area contributed by atoms with Crippen molar-refractivity contribution in [1.29, 1.82) is 0 Å². The number of halogens is 1. The molecular weight excluding hydrogens is 398 g/mol. The molecule has 0 amide bonds. The molecule has 0 radical (unpaired) electrons. The fourth-order valence-corrected chi connectivity index (χ4v) is 5.29. The molecule has 0 spiro atoms. The molecule has 140 valence electrons. The third-order valence-electron chi connectivity index (χ3n) is 4.33. The SMILES string of the molecule is O=[N+]([O-])c1cc(Cl)ccc1S(=O)(=O)NCC(c1cccs1)N1CCCC1. The lowest BCUT2D eigenvalue weighted by atomic mass is 10.2. The van der Waals surface area contributed by atoms with E-state index in [1.54, 1.807) is 11.3 Å². The van der Waals surface area contributed by atoms with Gasteiger partial charge in [-0.25, -0.2) is 13.1 Å². The molecule has 1 fully saturated rings. The van der Waals surface area contributed by atoms with Crippen LogP contribution in [0.5, 0.6) is 0 Å². The van der Waals surface area contributed by atoms with Crippen LogP contribution in [0.2, 0.25) is 5.02 Å². The average Bonchev–Trinajstić information content (AvgIpc) is 3.28. The van der Waals surface area contributed by atoms with Gasteiger partial charge in [-0.15, -0.1) is 11.3 Å². The third kappa shape index (κ3) is 4.24. The first-order valence-corrected chi connectivity index (χ1v) is 10.8. The minimum Gasteiger partial charge on any atom is -0.294 e. The molecule has 7 nitrogen and oxygen atoms in total. The summed E-state index contributed by atoms with van der Waals surface area (Å²) < 4.78 is 27.9. The lowest BCUT2D eigenvalue weighted by Crippen LogP contribution is -2.36. The summed E-state index contributed by atoms with van der Waals surface area (Å²) in [5.74, 6) is 0. The normalized spacial score (nSPS) is 16.7. The number of hydrogen-bond acceptors (Lipinski definition) is 6. The Balaban J connectivity index is 1.84. The van der Waals surface area contributed by atoms with Crippen LogP contribution in [0.25, 0.3) is 0 Å². The van der Waals surface area contributed by atoms with Crippen LogP contribution in [0.1, 0.15) is 23.8 Å². The molecule has 1 aliphatic heterocycles. The second-order valence-electron chi connectivity index (χ2n) is 6.00. The molecular formula is C16H18ClN3O4S2. The molecule has 1 unspecified atom stereocenters. The lowest BCUT2D eigenvalue weighted by molar-refractivity contribution is -0.387. The monoisotopic (exact) mass is 415 g/mol. The highest BCUT2D eigenvalue weighted by atomic mass is 35.5. The van der Waals surface area contributed by atoms with Crippen LogP contribution in [-0.4, -0.2) is 37.9 Å². The van der Waals surface area contributed by atoms with Gasteiger partial charge in [-0.05, 0) is 49.5 Å². The number of likely N-dealkylation sites (tertiary alicyclic amines) is 1. The summed E-state index contributed by atoms with van der Waals surface area (Å²) in [4.78, 5) is 13.4. The van der Waals surface area contributed by atoms with E-state index in [4.69, 9.17) is 11.6 Å². The van der Waals surface area contributed by atoms with E-state index in [1.165, 1.54) is 12.1 Å². The van der Waals surface area contributed by atoms with Gasteiger partial charge < -0.3 is 0 Å². The molecule has 2 heterocycles. The molecule has 0 aliphatic carbocycles. The van der Waals surface area contributed by atoms with Crippen molar-refractivity contribution in [1.82, 2.24) is 9.62 Å². The minimum absolute atomic E-state index is 0.0846. The number of nitro groups is 1. The fraction of sp³-hybridized carbons (Fsp3) is 0.375. The first-order chi connectivity index (χ1) is 12.4. The predicted molar refractivity (Wildman–Crippen MR) is 101 cm³/mol. The summed E-state index contributed by atoms with van der Waals surface area (Å²) in [5.41, 5.74) is -0.529. The Bertz CT molecular complexity index is 881. The maximum atomic E-state index is 12.7. The van der Waals surface area contributed by atoms with E-state index in [2.05, 4.69) is 9.62 Å². The van der Waals surface area contributed by atoms with Gasteiger partial charge >= 0.3 is 0 Å². The summed E-state index contributed by atoms with van der Waals surface area (Å²) in [6.07, 6.45) is 2.16. The first kappa shape index (κ1) is 19.2. The Morgan fingerprint density at radius 1 is 1.31 bits per heavy atom. The van der Waals surface area contributed by atoms with Gasteiger partial charge in [0.2, 0.25) is 10.0 Å². The Morgan fingerprint density at radius 2 is 2.04 bits per heavy atom. The van der Waals surface area contributed by atoms with E-state index < -0.39 is 20.6 Å². The smallest absolute Gasteiger partial charge is 0.290 e. The zero-order valence-electron chi connectivity index (χ0n) is 13.8. The average molecular weight is 416 g/mol. The molecule has 3 rings (SSSR count). The van der Waals surface area contributed by atoms with Gasteiger partial charge in [-0.1, -0.05) is 17.7 Å². The van der Waals surface area contributed by atoms with Gasteiger partial charge in [0, 0.05) is 22.5 Å². The number of benzene rings is 1. The van der Waals surface area contributed by atoms with E-state index >= 15 is 0 Å². The van der Waals surface area contributed by atoms with E-state index in [0.29, 0.717) is 0 Å². The molecule has 26 heavy (non-hydrogen) atoms. The molecule has 1 N–H and O–H groups in total. The zero-order chi connectivity index (χ0) is 18.7. The van der Waals surface area contributed by atoms with Crippen LogP contribution in [0.3, 0.4) is 0 Å². The Morgan fingerprint density at radius 3 is 2.65 bits per heavy atom. The summed E-state index contributed by atoms with van der Waals surface area (Å²) in [6, 6.07) is 7.37. The van der Waals surface area contributed by atoms with Crippen molar-refractivity contribution < 1.29 is 13.3 Å². The number of rotatable bonds is 7. The van der Waals surface area contributed by atoms with Gasteiger partial charge in [0.15, 0.2) is 4.90 Å². The molecule has 2 aromatic rings. The van der Waals surface area contributed by atoms with Crippen molar-refractivity contribution in [2.45, 2.75) is 23.8 Å². The van der Waals surface area contributed by atoms with Gasteiger partial charge in [0.05, 0.1) is 11.0 Å². The number of thiophene rings is 1. The quantitative estimate of drug-likeness (QED) is 0.552. The Hall–Kier alpha value is -1.52. The molecule has 1 saturated heterocycles. The summed E-state index contributed by atoms with van der Waals surface area (Å²) in [7, 11) is -4.04. The Kier molecular flexibility index (Phi) is 5.93. The summed E-state index contributed by atoms with van der Waals surface area (Å²) >= 11 is 7.34. The Labute approximate surface area is 160 Å². The highest BCUT2D eigenvalue weighted by molar-refractivity contribution is 7.89. The number of hydrogen-bond donors (Lipinski definition) is 1. The molecule has 1 aromatic carbocycles. The van der Waals surface area contributed by atoms with Crippen molar-refractivity contribution in [3.05, 3.63) is 55.7 Å². The van der Waals surface area contributed by atoms with Crippen LogP contribution in [-0.2, 0) is 10.0 Å². The van der Waals surface area contributed by atoms with Crippen molar-refractivity contribution in [2.24, 2.45) is 0 Å². The van der Waals surface area contributed by atoms with Crippen LogP contribution in [0.15, 0.2) is 40.6 Å². The molecule has 1 aromatic heterocycles. The van der Waals surface area contributed by atoms with Gasteiger partial charge in [-0.3, -0.25) is 15.0 Å². The first-order valence-electron chi connectivity index (χ1n) is 8.09. The summed E-state index contributed by atoms with van der Waals surface area (Å²) in [5, 5.41) is 13.3. The standard InChI is InChI=1S/C16H18ClN3O4S2/c17-12-5-6-16(13(10-12)20(21)22)26(23,24)18-11-14(15-4-3-9-25-15)19-7-1-2-8-19/h3-6,9-10,14,18H,1-2,7-8,11H2. The maximum absolute atomic E-state index is 12.7. The number of nitrogens with one attached hydrogen (secondary N) is 1. The van der Waals surface area contributed by atoms with Crippen LogP contribution in [0.4, 0.5) is 5.69 Å². The molecule has 0 saturated carbocycles. The van der Waals surface area contributed by atoms with Crippen molar-refractivity contribution >= 4 is 38.6 Å². The molecule has 1 aliphatic rings. The van der Waals surface area contributed by atoms with Gasteiger partial charge in [0.1, 0.15) is 0 Å². The van der Waals surface area contributed by atoms with E-state index in [-0.39, 0.29) is 22.5 Å². The van der Waals surface area contributed by atoms with Crippen LogP contribution in [0, 0.1) is 10.1 Å². The highest BCUT2D eigenvalue weighted by Crippen LogP contribution is 2.30. The topological polar surface area (TPSA) is 92.5 Å². The number of nitro benzene ring substituents is 1. The van der Waals surface area contributed by atoms with E-state index in [1.807, 2.05) is 17.5 Å². The lowest BCUT2D eigenvalue weighted by Gasteiger charge is -2.26. The van der Waals surface area contributed by atoms with Gasteiger partial charge in [0.25, 0.3) is 5.69 Å². The second-order valence-corrected chi connectivity index (χ2v) is 9.15. The van der Waals surface area contributed by atoms with Crippen molar-refractivity contribution in [2.75, 3.05) is 19.6 Å². The van der Waals surface area contributed by atoms with E-state index in [0.717, 1.165) is 36.9 Å². The third-order valence-corrected chi connectivity index (χ3v) is 7.01. The molecule has 0 bridgehead atoms. The maximum Gasteiger partial charge on any atom is 0.290 e. The molecule has 10 heteroatoms. The minimum atomic E-state index is -4.04. The fourth-order valence-electron chi connectivity index (χ4n) is 3.07. The van der Waals surface area contributed by atoms with Crippen LogP contribution < -0.4 is 4.72 Å². The van der Waals surface area contributed by atoms with Gasteiger partial charge in [-0.2, -0.15) is 0 Å². The van der Waals surface area contributed by atoms with E-state index in [9.17, 15) is 18.5 Å². The largest absolute Gasteiger partial charge is 0.294 e. The molecule has 1 atom stereocenters. The predicted octanol–water partition coefficient (Wildman–Crippen LogP) is 3.43. The number of nitrogens with zero attached hydrogens (tertiary/aromatic N) is 2. The highest BCUT2D eigenvalue weighted by Gasteiger charge is 2.29. The van der Waals surface area contributed by atoms with Crippen molar-refractivity contribution in [3.8, 4) is 0 Å². The van der Waals surface area contributed by atoms with Crippen LogP contribution >= 0.6 is 22.9 Å². The summed E-state index contributed by atoms with van der Waals surface area (Å²) in [6.45, 7) is 1.97. The second kappa shape index (κ2) is 8.01. The zero-order valence-corrected chi connectivity index (χ0v) is 16.2. The number of sulfonamides is 1. The van der Waals surface area contributed by atoms with Crippen molar-refractivity contribution in [3.63, 3.8) is 0 Å².